The number of anilines is 1. The zero-order valence-electron chi connectivity index (χ0n) is 11.5. The molecule has 1 aromatic carbocycles. The Hall–Kier alpha value is -2.14. The van der Waals surface area contributed by atoms with E-state index in [1.807, 2.05) is 31.2 Å². The Morgan fingerprint density at radius 3 is 2.80 bits per heavy atom. The molecule has 0 spiro atoms. The van der Waals surface area contributed by atoms with Crippen LogP contribution in [0, 0.1) is 5.41 Å². The molecule has 0 atom stereocenters. The van der Waals surface area contributed by atoms with Crippen molar-refractivity contribution in [3.8, 4) is 5.75 Å². The van der Waals surface area contributed by atoms with Crippen LogP contribution in [0.4, 0.5) is 5.69 Å². The fourth-order valence-corrected chi connectivity index (χ4v) is 2.07. The van der Waals surface area contributed by atoms with Crippen molar-refractivity contribution in [2.24, 2.45) is 10.2 Å². The molecule has 20 heavy (non-hydrogen) atoms. The molecule has 1 aliphatic heterocycles. The van der Waals surface area contributed by atoms with E-state index in [4.69, 9.17) is 21.7 Å². The molecule has 0 amide bonds. The topological polar surface area (TPSA) is 69.8 Å². The molecule has 0 radical (unpaired) electrons. The molecule has 0 aliphatic carbocycles. The number of hydrogen-bond acceptors (Lipinski definition) is 5. The molecule has 6 heteroatoms. The number of hydrogen-bond donors (Lipinski definition) is 2. The van der Waals surface area contributed by atoms with Crippen LogP contribution in [0.2, 0.25) is 0 Å². The van der Waals surface area contributed by atoms with Gasteiger partial charge in [-0.05, 0) is 26.0 Å². The van der Waals surface area contributed by atoms with Crippen molar-refractivity contribution in [2.75, 3.05) is 12.4 Å². The lowest BCUT2D eigenvalue weighted by atomic mass is 10.0. The van der Waals surface area contributed by atoms with Gasteiger partial charge >= 0.3 is 0 Å². The number of nitrogens with one attached hydrogen (secondary N) is 2. The maximum Gasteiger partial charge on any atom is 0.177 e. The molecule has 0 fully saturated rings. The molecule has 2 rings (SSSR count). The van der Waals surface area contributed by atoms with Crippen LogP contribution in [0.1, 0.15) is 13.8 Å². The standard InChI is InChI=1S/C14H15ClN4O/c1-8(12-9(2)18-19-14(15)13(12)16)17-10-5-4-6-11(7-10)20-3/h4-7,16-17H,1-3H3/b12-8-,16-13?. The Kier molecular flexibility index (Phi) is 4.20. The lowest BCUT2D eigenvalue weighted by Gasteiger charge is -2.16. The summed E-state index contributed by atoms with van der Waals surface area (Å²) in [5.41, 5.74) is 3.15. The van der Waals surface area contributed by atoms with E-state index in [2.05, 4.69) is 15.5 Å². The Balaban J connectivity index is 2.33. The maximum absolute atomic E-state index is 7.99. The fraction of sp³-hybridized carbons (Fsp3) is 0.214. The van der Waals surface area contributed by atoms with Crippen LogP contribution in [-0.2, 0) is 0 Å². The minimum absolute atomic E-state index is 0.0948. The van der Waals surface area contributed by atoms with E-state index in [-0.39, 0.29) is 10.9 Å². The third kappa shape index (κ3) is 2.88. The SMILES string of the molecule is COc1cccc(N/C(C)=C2\C(=N)C(Cl)=NN=C2C)c1. The van der Waals surface area contributed by atoms with Gasteiger partial charge in [0.05, 0.1) is 12.8 Å². The smallest absolute Gasteiger partial charge is 0.177 e. The molecule has 0 bridgehead atoms. The minimum atomic E-state index is 0.0948. The number of methoxy groups -OCH3 is 1. The second-order valence-corrected chi connectivity index (χ2v) is 4.67. The number of nitrogens with zero attached hydrogens (tertiary/aromatic N) is 2. The van der Waals surface area contributed by atoms with E-state index in [0.29, 0.717) is 11.3 Å². The maximum atomic E-state index is 7.99. The zero-order chi connectivity index (χ0) is 14.7. The molecular formula is C14H15ClN4O. The Morgan fingerprint density at radius 1 is 1.35 bits per heavy atom. The Bertz CT molecular complexity index is 642. The van der Waals surface area contributed by atoms with E-state index in [0.717, 1.165) is 17.1 Å². The number of benzene rings is 1. The number of halogens is 1. The van der Waals surface area contributed by atoms with E-state index >= 15 is 0 Å². The Labute approximate surface area is 122 Å². The van der Waals surface area contributed by atoms with Crippen LogP contribution in [0.25, 0.3) is 0 Å². The summed E-state index contributed by atoms with van der Waals surface area (Å²) in [6.07, 6.45) is 0. The molecular weight excluding hydrogens is 276 g/mol. The summed E-state index contributed by atoms with van der Waals surface area (Å²) in [6, 6.07) is 7.55. The molecule has 2 N–H and O–H groups in total. The average Bonchev–Trinajstić information content (AvgIpc) is 2.43. The van der Waals surface area contributed by atoms with Gasteiger partial charge < -0.3 is 10.1 Å². The normalized spacial score (nSPS) is 17.3. The first-order chi connectivity index (χ1) is 9.52. The lowest BCUT2D eigenvalue weighted by Crippen LogP contribution is -2.22. The summed E-state index contributed by atoms with van der Waals surface area (Å²) >= 11 is 5.86. The van der Waals surface area contributed by atoms with Crippen LogP contribution in [0.5, 0.6) is 5.75 Å². The molecule has 1 heterocycles. The van der Waals surface area contributed by atoms with Crippen molar-refractivity contribution in [3.63, 3.8) is 0 Å². The van der Waals surface area contributed by atoms with Crippen LogP contribution < -0.4 is 10.1 Å². The van der Waals surface area contributed by atoms with Crippen LogP contribution in [-0.4, -0.2) is 23.7 Å². The highest BCUT2D eigenvalue weighted by atomic mass is 35.5. The van der Waals surface area contributed by atoms with E-state index < -0.39 is 0 Å². The molecule has 0 saturated heterocycles. The van der Waals surface area contributed by atoms with E-state index in [1.54, 1.807) is 14.0 Å². The van der Waals surface area contributed by atoms with Crippen LogP contribution >= 0.6 is 11.6 Å². The zero-order valence-corrected chi connectivity index (χ0v) is 12.2. The quantitative estimate of drug-likeness (QED) is 0.895. The highest BCUT2D eigenvalue weighted by molar-refractivity contribution is 6.87. The second-order valence-electron chi connectivity index (χ2n) is 4.31. The van der Waals surface area contributed by atoms with Gasteiger partial charge in [0.25, 0.3) is 0 Å². The van der Waals surface area contributed by atoms with Crippen molar-refractivity contribution in [1.82, 2.24) is 0 Å². The molecule has 5 nitrogen and oxygen atoms in total. The van der Waals surface area contributed by atoms with Gasteiger partial charge in [-0.2, -0.15) is 5.10 Å². The van der Waals surface area contributed by atoms with Crippen molar-refractivity contribution in [2.45, 2.75) is 13.8 Å². The summed E-state index contributed by atoms with van der Waals surface area (Å²) in [4.78, 5) is 0. The van der Waals surface area contributed by atoms with Crippen molar-refractivity contribution < 1.29 is 4.74 Å². The first-order valence-corrected chi connectivity index (χ1v) is 6.40. The highest BCUT2D eigenvalue weighted by Gasteiger charge is 2.20. The minimum Gasteiger partial charge on any atom is -0.497 e. The van der Waals surface area contributed by atoms with Crippen LogP contribution in [0.3, 0.4) is 0 Å². The van der Waals surface area contributed by atoms with Gasteiger partial charge in [0, 0.05) is 23.0 Å². The van der Waals surface area contributed by atoms with Crippen molar-refractivity contribution in [1.29, 1.82) is 5.41 Å². The third-order valence-electron chi connectivity index (χ3n) is 2.88. The number of allylic oxidation sites excluding steroid dienone is 2. The van der Waals surface area contributed by atoms with Gasteiger partial charge in [-0.3, -0.25) is 5.41 Å². The molecule has 104 valence electrons. The number of ether oxygens (including phenoxy) is 1. The van der Waals surface area contributed by atoms with Crippen molar-refractivity contribution >= 4 is 33.9 Å². The van der Waals surface area contributed by atoms with Gasteiger partial charge in [0.1, 0.15) is 11.5 Å². The summed E-state index contributed by atoms with van der Waals surface area (Å²) in [7, 11) is 1.62. The van der Waals surface area contributed by atoms with Crippen LogP contribution in [0.15, 0.2) is 45.7 Å². The monoisotopic (exact) mass is 290 g/mol. The fourth-order valence-electron chi connectivity index (χ4n) is 1.94. The molecule has 1 aromatic rings. The van der Waals surface area contributed by atoms with Gasteiger partial charge in [-0.15, -0.1) is 5.10 Å². The third-order valence-corrected chi connectivity index (χ3v) is 3.15. The summed E-state index contributed by atoms with van der Waals surface area (Å²) in [5.74, 6) is 0.761. The highest BCUT2D eigenvalue weighted by Crippen LogP contribution is 2.21. The van der Waals surface area contributed by atoms with Gasteiger partial charge in [0.15, 0.2) is 5.17 Å². The molecule has 0 saturated carbocycles. The lowest BCUT2D eigenvalue weighted by molar-refractivity contribution is 0.415. The summed E-state index contributed by atoms with van der Waals surface area (Å²) < 4.78 is 5.18. The number of rotatable bonds is 3. The first kappa shape index (κ1) is 14.3. The van der Waals surface area contributed by atoms with Gasteiger partial charge in [-0.1, -0.05) is 17.7 Å². The van der Waals surface area contributed by atoms with E-state index in [9.17, 15) is 0 Å². The van der Waals surface area contributed by atoms with E-state index in [1.165, 1.54) is 0 Å². The predicted molar refractivity (Wildman–Crippen MR) is 83.4 cm³/mol. The molecule has 1 aliphatic rings. The van der Waals surface area contributed by atoms with Gasteiger partial charge in [0.2, 0.25) is 0 Å². The Morgan fingerprint density at radius 2 is 2.10 bits per heavy atom. The van der Waals surface area contributed by atoms with Crippen molar-refractivity contribution in [3.05, 3.63) is 35.5 Å². The summed E-state index contributed by atoms with van der Waals surface area (Å²) in [6.45, 7) is 3.67. The predicted octanol–water partition coefficient (Wildman–Crippen LogP) is 3.43. The molecule has 0 unspecified atom stereocenters. The van der Waals surface area contributed by atoms with Gasteiger partial charge in [-0.25, -0.2) is 0 Å². The average molecular weight is 291 g/mol. The first-order valence-electron chi connectivity index (χ1n) is 6.02. The largest absolute Gasteiger partial charge is 0.497 e. The molecule has 0 aromatic heterocycles. The second kappa shape index (κ2) is 5.88. The summed E-state index contributed by atoms with van der Waals surface area (Å²) in [5, 5.41) is 19.0.